The minimum Gasteiger partial charge on any atom is -0.507 e. The van der Waals surface area contributed by atoms with Crippen molar-refractivity contribution in [3.05, 3.63) is 52.6 Å². The van der Waals surface area contributed by atoms with E-state index in [0.717, 1.165) is 0 Å². The van der Waals surface area contributed by atoms with E-state index in [0.29, 0.717) is 24.8 Å². The molecular formula is C19H16O5. The Kier molecular flexibility index (Phi) is 3.12. The largest absolute Gasteiger partial charge is 0.507 e. The number of rotatable bonds is 1. The van der Waals surface area contributed by atoms with Crippen molar-refractivity contribution >= 4 is 17.3 Å². The highest BCUT2D eigenvalue weighted by molar-refractivity contribution is 6.26. The van der Waals surface area contributed by atoms with E-state index in [4.69, 9.17) is 0 Å². The molecule has 5 nitrogen and oxygen atoms in total. The molecule has 122 valence electrons. The summed E-state index contributed by atoms with van der Waals surface area (Å²) in [5.74, 6) is -1.58. The van der Waals surface area contributed by atoms with Gasteiger partial charge in [0.2, 0.25) is 0 Å². The first-order valence-corrected chi connectivity index (χ1v) is 8.00. The van der Waals surface area contributed by atoms with Gasteiger partial charge >= 0.3 is 0 Å². The van der Waals surface area contributed by atoms with Crippen molar-refractivity contribution in [3.63, 3.8) is 0 Å². The summed E-state index contributed by atoms with van der Waals surface area (Å²) in [5.41, 5.74) is -0.216. The first-order valence-electron chi connectivity index (χ1n) is 8.00. The molecule has 0 saturated heterocycles. The lowest BCUT2D eigenvalue weighted by Crippen LogP contribution is -2.38. The molecule has 24 heavy (non-hydrogen) atoms. The summed E-state index contributed by atoms with van der Waals surface area (Å²) in [6.45, 7) is 0. The molecular weight excluding hydrogens is 308 g/mol. The number of fused-ring (bicyclic) bond motifs is 2. The van der Waals surface area contributed by atoms with Crippen LogP contribution >= 0.6 is 0 Å². The van der Waals surface area contributed by atoms with E-state index in [1.54, 1.807) is 0 Å². The van der Waals surface area contributed by atoms with Crippen LogP contribution in [-0.2, 0) is 4.79 Å². The number of benzene rings is 1. The van der Waals surface area contributed by atoms with Crippen molar-refractivity contribution < 1.29 is 24.6 Å². The fraction of sp³-hybridized carbons (Fsp3) is 0.316. The Morgan fingerprint density at radius 3 is 2.71 bits per heavy atom. The van der Waals surface area contributed by atoms with Crippen LogP contribution in [0.15, 0.2) is 41.5 Å². The van der Waals surface area contributed by atoms with E-state index in [-0.39, 0.29) is 40.4 Å². The molecule has 1 fully saturated rings. The van der Waals surface area contributed by atoms with E-state index in [1.165, 1.54) is 30.4 Å². The Morgan fingerprint density at radius 1 is 1.12 bits per heavy atom. The number of aliphatic hydroxyl groups is 1. The molecule has 0 aliphatic heterocycles. The van der Waals surface area contributed by atoms with Crippen LogP contribution in [0.5, 0.6) is 5.75 Å². The Hall–Kier alpha value is -2.53. The summed E-state index contributed by atoms with van der Waals surface area (Å²) in [4.78, 5) is 37.1. The van der Waals surface area contributed by atoms with Gasteiger partial charge in [-0.25, -0.2) is 0 Å². The number of hydrogen-bond donors (Lipinski definition) is 2. The van der Waals surface area contributed by atoms with Crippen LogP contribution in [0.4, 0.5) is 0 Å². The summed E-state index contributed by atoms with van der Waals surface area (Å²) in [7, 11) is 0. The molecule has 1 aromatic carbocycles. The van der Waals surface area contributed by atoms with Gasteiger partial charge in [0.1, 0.15) is 5.75 Å². The van der Waals surface area contributed by atoms with Gasteiger partial charge in [0.25, 0.3) is 0 Å². The molecule has 2 unspecified atom stereocenters. The molecule has 0 amide bonds. The Labute approximate surface area is 138 Å². The third-order valence-electron chi connectivity index (χ3n) is 5.24. The van der Waals surface area contributed by atoms with Crippen LogP contribution in [0, 0.1) is 5.92 Å². The molecule has 0 aromatic heterocycles. The number of Topliss-reactive ketones (excluding diaryl/α,β-unsaturated/α-hetero) is 1. The molecule has 0 bridgehead atoms. The van der Waals surface area contributed by atoms with Gasteiger partial charge < -0.3 is 10.2 Å². The quantitative estimate of drug-likeness (QED) is 0.825. The van der Waals surface area contributed by atoms with E-state index in [2.05, 4.69) is 0 Å². The normalized spacial score (nSPS) is 29.0. The number of hydrogen-bond acceptors (Lipinski definition) is 5. The van der Waals surface area contributed by atoms with E-state index in [9.17, 15) is 24.6 Å². The molecule has 5 heteroatoms. The zero-order valence-corrected chi connectivity index (χ0v) is 12.9. The lowest BCUT2D eigenvalue weighted by molar-refractivity contribution is -0.116. The van der Waals surface area contributed by atoms with E-state index in [1.807, 2.05) is 0 Å². The summed E-state index contributed by atoms with van der Waals surface area (Å²) < 4.78 is 0. The van der Waals surface area contributed by atoms with Crippen LogP contribution in [0.25, 0.3) is 0 Å². The average molecular weight is 324 g/mol. The first kappa shape index (κ1) is 15.0. The minimum absolute atomic E-state index is 0.0130. The Bertz CT molecular complexity index is 861. The maximum Gasteiger partial charge on any atom is 0.194 e. The first-order chi connectivity index (χ1) is 11.4. The van der Waals surface area contributed by atoms with Crippen LogP contribution < -0.4 is 0 Å². The summed E-state index contributed by atoms with van der Waals surface area (Å²) in [6, 6.07) is 4.41. The second kappa shape index (κ2) is 4.98. The number of carbonyl (C=O) groups is 3. The number of phenolic OH excluding ortho intramolecular Hbond substituents is 1. The molecule has 4 rings (SSSR count). The smallest absolute Gasteiger partial charge is 0.194 e. The van der Waals surface area contributed by atoms with E-state index >= 15 is 0 Å². The van der Waals surface area contributed by atoms with Crippen molar-refractivity contribution in [3.8, 4) is 5.75 Å². The molecule has 1 saturated carbocycles. The minimum atomic E-state index is -1.21. The maximum atomic E-state index is 12.9. The molecule has 0 spiro atoms. The van der Waals surface area contributed by atoms with Crippen molar-refractivity contribution in [2.75, 3.05) is 0 Å². The SMILES string of the molecule is O=C1C=C2C(C3=CC(=O)c4cccc(O)c4C3=O)CCCC2(O)C1. The summed E-state index contributed by atoms with van der Waals surface area (Å²) >= 11 is 0. The number of ketones is 3. The maximum absolute atomic E-state index is 12.9. The van der Waals surface area contributed by atoms with Crippen molar-refractivity contribution in [1.29, 1.82) is 0 Å². The van der Waals surface area contributed by atoms with Gasteiger partial charge in [0.05, 0.1) is 11.2 Å². The number of carbonyl (C=O) groups excluding carboxylic acids is 3. The molecule has 1 aromatic rings. The second-order valence-electron chi connectivity index (χ2n) is 6.71. The topological polar surface area (TPSA) is 91.7 Å². The number of allylic oxidation sites excluding steroid dienone is 3. The monoisotopic (exact) mass is 324 g/mol. The summed E-state index contributed by atoms with van der Waals surface area (Å²) in [6.07, 6.45) is 4.49. The molecule has 3 aliphatic carbocycles. The van der Waals surface area contributed by atoms with Crippen molar-refractivity contribution in [2.24, 2.45) is 5.92 Å². The zero-order valence-electron chi connectivity index (χ0n) is 12.9. The van der Waals surface area contributed by atoms with Gasteiger partial charge in [-0.1, -0.05) is 12.1 Å². The standard InChI is InChI=1S/C19H16O5/c20-10-7-14-11(4-2-6-19(14,24)9-10)13-8-16(22)12-3-1-5-15(21)17(12)18(13)23/h1,3,5,7-8,11,21,24H,2,4,6,9H2. The van der Waals surface area contributed by atoms with Crippen LogP contribution in [0.2, 0.25) is 0 Å². The summed E-state index contributed by atoms with van der Waals surface area (Å²) in [5, 5.41) is 20.7. The fourth-order valence-electron chi connectivity index (χ4n) is 4.16. The Balaban J connectivity index is 1.82. The molecule has 2 atom stereocenters. The van der Waals surface area contributed by atoms with Crippen molar-refractivity contribution in [1.82, 2.24) is 0 Å². The van der Waals surface area contributed by atoms with Gasteiger partial charge in [0.15, 0.2) is 17.3 Å². The zero-order chi connectivity index (χ0) is 17.1. The van der Waals surface area contributed by atoms with Gasteiger partial charge in [-0.2, -0.15) is 0 Å². The molecule has 2 N–H and O–H groups in total. The van der Waals surface area contributed by atoms with Crippen LogP contribution in [-0.4, -0.2) is 33.2 Å². The molecule has 0 heterocycles. The molecule has 3 aliphatic rings. The van der Waals surface area contributed by atoms with Crippen molar-refractivity contribution in [2.45, 2.75) is 31.3 Å². The lowest BCUT2D eigenvalue weighted by Gasteiger charge is -2.37. The van der Waals surface area contributed by atoms with Crippen LogP contribution in [0.1, 0.15) is 46.4 Å². The number of phenols is 1. The highest BCUT2D eigenvalue weighted by Crippen LogP contribution is 2.47. The van der Waals surface area contributed by atoms with Gasteiger partial charge in [-0.3, -0.25) is 14.4 Å². The number of aromatic hydroxyl groups is 1. The highest BCUT2D eigenvalue weighted by Gasteiger charge is 2.47. The van der Waals surface area contributed by atoms with E-state index < -0.39 is 17.3 Å². The third kappa shape index (κ3) is 2.01. The second-order valence-corrected chi connectivity index (χ2v) is 6.71. The van der Waals surface area contributed by atoms with Gasteiger partial charge in [-0.05, 0) is 43.1 Å². The average Bonchev–Trinajstić information content (AvgIpc) is 2.84. The lowest BCUT2D eigenvalue weighted by atomic mass is 9.69. The predicted octanol–water partition coefficient (Wildman–Crippen LogP) is 2.13. The third-order valence-corrected chi connectivity index (χ3v) is 5.24. The Morgan fingerprint density at radius 2 is 1.92 bits per heavy atom. The highest BCUT2D eigenvalue weighted by atomic mass is 16.3. The van der Waals surface area contributed by atoms with Gasteiger partial charge in [-0.15, -0.1) is 0 Å². The fourth-order valence-corrected chi connectivity index (χ4v) is 4.16. The molecule has 0 radical (unpaired) electrons. The van der Waals surface area contributed by atoms with Crippen LogP contribution in [0.3, 0.4) is 0 Å². The predicted molar refractivity (Wildman–Crippen MR) is 84.8 cm³/mol. The van der Waals surface area contributed by atoms with Gasteiger partial charge in [0, 0.05) is 23.5 Å².